The molecule has 1 aliphatic rings. The summed E-state index contributed by atoms with van der Waals surface area (Å²) in [6.07, 6.45) is 0. The van der Waals surface area contributed by atoms with Crippen LogP contribution in [0.15, 0.2) is 36.4 Å². The number of methoxy groups -OCH3 is 1. The summed E-state index contributed by atoms with van der Waals surface area (Å²) in [4.78, 5) is 4.57. The number of piperazine rings is 1. The summed E-state index contributed by atoms with van der Waals surface area (Å²) in [6.45, 7) is 6.44. The fraction of sp³-hybridized carbons (Fsp3) is 0.350. The number of ether oxygens (including phenoxy) is 1. The minimum atomic E-state index is 0.663. The Kier molecular flexibility index (Phi) is 6.82. The molecule has 1 heterocycles. The molecule has 1 fully saturated rings. The van der Waals surface area contributed by atoms with E-state index in [4.69, 9.17) is 40.2 Å². The normalized spacial score (nSPS) is 14.9. The average Bonchev–Trinajstić information content (AvgIpc) is 2.65. The number of hydrogen-bond acceptors (Lipinski definition) is 3. The summed E-state index contributed by atoms with van der Waals surface area (Å²) in [7, 11) is 1.67. The zero-order valence-corrected chi connectivity index (χ0v) is 17.8. The third-order valence-corrected chi connectivity index (χ3v) is 5.61. The zero-order chi connectivity index (χ0) is 19.4. The van der Waals surface area contributed by atoms with E-state index in [1.807, 2.05) is 37.3 Å². The molecular formula is C20H23Cl2N3OS. The van der Waals surface area contributed by atoms with Gasteiger partial charge in [-0.3, -0.25) is 4.90 Å². The lowest BCUT2D eigenvalue weighted by atomic mass is 10.2. The molecule has 0 saturated carbocycles. The summed E-state index contributed by atoms with van der Waals surface area (Å²) in [5.41, 5.74) is 3.16. The van der Waals surface area contributed by atoms with Crippen molar-refractivity contribution < 1.29 is 4.74 Å². The van der Waals surface area contributed by atoms with Crippen LogP contribution in [0.25, 0.3) is 0 Å². The van der Waals surface area contributed by atoms with Crippen LogP contribution in [-0.4, -0.2) is 48.2 Å². The van der Waals surface area contributed by atoms with E-state index in [0.717, 1.165) is 60.4 Å². The second kappa shape index (κ2) is 9.11. The Balaban J connectivity index is 1.56. The molecule has 0 atom stereocenters. The fourth-order valence-electron chi connectivity index (χ4n) is 3.11. The minimum Gasteiger partial charge on any atom is -0.495 e. The highest BCUT2D eigenvalue weighted by Gasteiger charge is 2.20. The number of rotatable bonds is 4. The quantitative estimate of drug-likeness (QED) is 0.711. The van der Waals surface area contributed by atoms with Gasteiger partial charge in [0.25, 0.3) is 0 Å². The molecule has 2 aromatic carbocycles. The van der Waals surface area contributed by atoms with Gasteiger partial charge in [0.2, 0.25) is 0 Å². The van der Waals surface area contributed by atoms with Crippen LogP contribution in [0.5, 0.6) is 5.75 Å². The van der Waals surface area contributed by atoms with Gasteiger partial charge in [0.15, 0.2) is 5.11 Å². The lowest BCUT2D eigenvalue weighted by Crippen LogP contribution is -2.49. The Morgan fingerprint density at radius 2 is 1.85 bits per heavy atom. The van der Waals surface area contributed by atoms with Gasteiger partial charge in [-0.25, -0.2) is 0 Å². The molecule has 27 heavy (non-hydrogen) atoms. The zero-order valence-electron chi connectivity index (χ0n) is 15.5. The number of halogens is 2. The first kappa shape index (κ1) is 20.2. The monoisotopic (exact) mass is 423 g/mol. The van der Waals surface area contributed by atoms with Gasteiger partial charge < -0.3 is 15.0 Å². The Bertz CT molecular complexity index is 823. The van der Waals surface area contributed by atoms with Crippen molar-refractivity contribution in [3.63, 3.8) is 0 Å². The van der Waals surface area contributed by atoms with Crippen LogP contribution in [0, 0.1) is 6.92 Å². The lowest BCUT2D eigenvalue weighted by molar-refractivity contribution is 0.177. The van der Waals surface area contributed by atoms with Crippen LogP contribution < -0.4 is 10.1 Å². The molecule has 0 bridgehead atoms. The largest absolute Gasteiger partial charge is 0.495 e. The van der Waals surface area contributed by atoms with E-state index in [0.29, 0.717) is 10.0 Å². The van der Waals surface area contributed by atoms with Crippen LogP contribution in [-0.2, 0) is 6.54 Å². The predicted octanol–water partition coefficient (Wildman–Crippen LogP) is 4.83. The number of benzene rings is 2. The molecule has 4 nitrogen and oxygen atoms in total. The van der Waals surface area contributed by atoms with Crippen LogP contribution in [0.4, 0.5) is 5.69 Å². The number of nitrogens with zero attached hydrogens (tertiary/aromatic N) is 2. The second-order valence-corrected chi connectivity index (χ2v) is 7.86. The number of thiocarbonyl (C=S) groups is 1. The van der Waals surface area contributed by atoms with Crippen LogP contribution in [0.3, 0.4) is 0 Å². The van der Waals surface area contributed by atoms with Crippen molar-refractivity contribution in [1.29, 1.82) is 0 Å². The van der Waals surface area contributed by atoms with Crippen LogP contribution >= 0.6 is 35.4 Å². The maximum atomic E-state index is 6.30. The molecule has 2 aromatic rings. The number of aryl methyl sites for hydroxylation is 1. The third kappa shape index (κ3) is 5.26. The summed E-state index contributed by atoms with van der Waals surface area (Å²) in [6, 6.07) is 11.7. The molecule has 0 aliphatic carbocycles. The van der Waals surface area contributed by atoms with Gasteiger partial charge in [0.05, 0.1) is 12.8 Å². The maximum Gasteiger partial charge on any atom is 0.173 e. The number of nitrogens with one attached hydrogen (secondary N) is 1. The van der Waals surface area contributed by atoms with E-state index in [1.165, 1.54) is 0 Å². The van der Waals surface area contributed by atoms with Crippen molar-refractivity contribution in [2.24, 2.45) is 0 Å². The Morgan fingerprint density at radius 1 is 1.11 bits per heavy atom. The molecule has 0 amide bonds. The first-order valence-corrected chi connectivity index (χ1v) is 9.99. The smallest absolute Gasteiger partial charge is 0.173 e. The van der Waals surface area contributed by atoms with Gasteiger partial charge in [-0.2, -0.15) is 0 Å². The summed E-state index contributed by atoms with van der Waals surface area (Å²) < 4.78 is 5.42. The first-order chi connectivity index (χ1) is 13.0. The predicted molar refractivity (Wildman–Crippen MR) is 117 cm³/mol. The molecule has 0 spiro atoms. The molecule has 1 saturated heterocycles. The van der Waals surface area contributed by atoms with Crippen molar-refractivity contribution in [3.05, 3.63) is 57.6 Å². The average molecular weight is 424 g/mol. The number of anilines is 1. The SMILES string of the molecule is COc1ccc(C)cc1NC(=S)N1CCN(Cc2ccc(Cl)cc2Cl)CC1. The molecule has 0 unspecified atom stereocenters. The van der Waals surface area contributed by atoms with E-state index in [9.17, 15) is 0 Å². The molecule has 0 radical (unpaired) electrons. The maximum absolute atomic E-state index is 6.30. The minimum absolute atomic E-state index is 0.663. The van der Waals surface area contributed by atoms with Crippen molar-refractivity contribution in [2.45, 2.75) is 13.5 Å². The van der Waals surface area contributed by atoms with E-state index in [1.54, 1.807) is 13.2 Å². The summed E-state index contributed by atoms with van der Waals surface area (Å²) >= 11 is 17.9. The molecule has 3 rings (SSSR count). The van der Waals surface area contributed by atoms with Crippen LogP contribution in [0.1, 0.15) is 11.1 Å². The van der Waals surface area contributed by atoms with E-state index in [2.05, 4.69) is 15.1 Å². The topological polar surface area (TPSA) is 27.7 Å². The summed E-state index contributed by atoms with van der Waals surface area (Å²) in [5, 5.41) is 5.43. The van der Waals surface area contributed by atoms with Gasteiger partial charge in [0, 0.05) is 42.8 Å². The molecular weight excluding hydrogens is 401 g/mol. The van der Waals surface area contributed by atoms with E-state index >= 15 is 0 Å². The van der Waals surface area contributed by atoms with Crippen molar-refractivity contribution in [2.75, 3.05) is 38.6 Å². The van der Waals surface area contributed by atoms with Crippen molar-refractivity contribution in [3.8, 4) is 5.75 Å². The first-order valence-electron chi connectivity index (χ1n) is 8.83. The van der Waals surface area contributed by atoms with Gasteiger partial charge in [0.1, 0.15) is 5.75 Å². The third-order valence-electron chi connectivity index (χ3n) is 4.67. The van der Waals surface area contributed by atoms with Crippen molar-refractivity contribution >= 4 is 46.2 Å². The van der Waals surface area contributed by atoms with Gasteiger partial charge >= 0.3 is 0 Å². The molecule has 1 aliphatic heterocycles. The highest BCUT2D eigenvalue weighted by molar-refractivity contribution is 7.80. The Hall–Kier alpha value is -1.53. The van der Waals surface area contributed by atoms with Gasteiger partial charge in [-0.15, -0.1) is 0 Å². The molecule has 1 N–H and O–H groups in total. The van der Waals surface area contributed by atoms with E-state index in [-0.39, 0.29) is 0 Å². The van der Waals surface area contributed by atoms with Gasteiger partial charge in [-0.05, 0) is 54.5 Å². The number of hydrogen-bond donors (Lipinski definition) is 1. The lowest BCUT2D eigenvalue weighted by Gasteiger charge is -2.36. The second-order valence-electron chi connectivity index (χ2n) is 6.63. The van der Waals surface area contributed by atoms with Crippen molar-refractivity contribution in [1.82, 2.24) is 9.80 Å². The Labute approximate surface area is 176 Å². The summed E-state index contributed by atoms with van der Waals surface area (Å²) in [5.74, 6) is 0.791. The Morgan fingerprint density at radius 3 is 2.52 bits per heavy atom. The fourth-order valence-corrected chi connectivity index (χ4v) is 3.87. The molecule has 7 heteroatoms. The van der Waals surface area contributed by atoms with E-state index < -0.39 is 0 Å². The van der Waals surface area contributed by atoms with Crippen LogP contribution in [0.2, 0.25) is 10.0 Å². The highest BCUT2D eigenvalue weighted by atomic mass is 35.5. The standard InChI is InChI=1S/C20H23Cl2N3OS/c1-14-3-6-19(26-2)18(11-14)23-20(27)25-9-7-24(8-10-25)13-15-4-5-16(21)12-17(15)22/h3-6,11-12H,7-10,13H2,1-2H3,(H,23,27). The highest BCUT2D eigenvalue weighted by Crippen LogP contribution is 2.26. The molecule has 144 valence electrons. The molecule has 0 aromatic heterocycles. The van der Waals surface area contributed by atoms with Gasteiger partial charge in [-0.1, -0.05) is 35.3 Å².